The molecule has 6 heteroatoms. The second-order valence-corrected chi connectivity index (χ2v) is 5.75. The highest BCUT2D eigenvalue weighted by molar-refractivity contribution is 5.77. The maximum atomic E-state index is 11.8. The lowest BCUT2D eigenvalue weighted by molar-refractivity contribution is -0.121. The number of ether oxygens (including phenoxy) is 1. The third-order valence-corrected chi connectivity index (χ3v) is 2.58. The lowest BCUT2D eigenvalue weighted by atomic mass is 10.1. The van der Waals surface area contributed by atoms with E-state index < -0.39 is 11.7 Å². The Bertz CT molecular complexity index is 469. The van der Waals surface area contributed by atoms with E-state index in [0.717, 1.165) is 5.56 Å². The van der Waals surface area contributed by atoms with Crippen molar-refractivity contribution in [3.8, 4) is 0 Å². The van der Waals surface area contributed by atoms with Crippen molar-refractivity contribution in [3.63, 3.8) is 0 Å². The van der Waals surface area contributed by atoms with Crippen molar-refractivity contribution in [3.05, 3.63) is 30.1 Å². The molecule has 2 N–H and O–H groups in total. The molecule has 0 aromatic carbocycles. The van der Waals surface area contributed by atoms with Gasteiger partial charge >= 0.3 is 6.09 Å². The van der Waals surface area contributed by atoms with Gasteiger partial charge in [0.2, 0.25) is 5.91 Å². The van der Waals surface area contributed by atoms with Crippen LogP contribution in [0.5, 0.6) is 0 Å². The molecule has 0 radical (unpaired) electrons. The van der Waals surface area contributed by atoms with Crippen LogP contribution in [0.15, 0.2) is 24.5 Å². The maximum Gasteiger partial charge on any atom is 0.407 e. The molecule has 0 spiro atoms. The first-order chi connectivity index (χ1) is 9.78. The molecule has 21 heavy (non-hydrogen) atoms. The van der Waals surface area contributed by atoms with Crippen LogP contribution >= 0.6 is 0 Å². The van der Waals surface area contributed by atoms with Crippen LogP contribution in [-0.4, -0.2) is 29.1 Å². The molecule has 0 saturated heterocycles. The zero-order chi connectivity index (χ0) is 15.9. The quantitative estimate of drug-likeness (QED) is 0.872. The first-order valence-electron chi connectivity index (χ1n) is 6.94. The molecule has 1 atom stereocenters. The molecule has 0 fully saturated rings. The fourth-order valence-corrected chi connectivity index (χ4v) is 1.62. The molecule has 1 unspecified atom stereocenters. The van der Waals surface area contributed by atoms with Crippen LogP contribution in [0.25, 0.3) is 0 Å². The number of carbonyl (C=O) groups excluding carboxylic acids is 2. The summed E-state index contributed by atoms with van der Waals surface area (Å²) >= 11 is 0. The number of carbonyl (C=O) groups is 2. The largest absolute Gasteiger partial charge is 0.444 e. The highest BCUT2D eigenvalue weighted by atomic mass is 16.6. The van der Waals surface area contributed by atoms with E-state index in [0.29, 0.717) is 0 Å². The lowest BCUT2D eigenvalue weighted by Crippen LogP contribution is -2.35. The van der Waals surface area contributed by atoms with Gasteiger partial charge in [-0.1, -0.05) is 6.07 Å². The fraction of sp³-hybridized carbons (Fsp3) is 0.533. The summed E-state index contributed by atoms with van der Waals surface area (Å²) in [6.07, 6.45) is 3.08. The van der Waals surface area contributed by atoms with Crippen LogP contribution in [0.4, 0.5) is 4.79 Å². The number of amides is 2. The Morgan fingerprint density at radius 3 is 2.67 bits per heavy atom. The van der Waals surface area contributed by atoms with E-state index in [1.807, 2.05) is 19.1 Å². The van der Waals surface area contributed by atoms with Crippen molar-refractivity contribution in [1.29, 1.82) is 0 Å². The second-order valence-electron chi connectivity index (χ2n) is 5.75. The maximum absolute atomic E-state index is 11.8. The topological polar surface area (TPSA) is 80.3 Å². The predicted molar refractivity (Wildman–Crippen MR) is 79.6 cm³/mol. The Balaban J connectivity index is 2.27. The molecule has 1 rings (SSSR count). The Hall–Kier alpha value is -2.11. The molecule has 1 aromatic rings. The zero-order valence-electron chi connectivity index (χ0n) is 13.0. The minimum Gasteiger partial charge on any atom is -0.444 e. The van der Waals surface area contributed by atoms with Gasteiger partial charge in [-0.25, -0.2) is 4.79 Å². The van der Waals surface area contributed by atoms with Crippen molar-refractivity contribution in [2.75, 3.05) is 6.54 Å². The average Bonchev–Trinajstić information content (AvgIpc) is 2.37. The number of nitrogens with one attached hydrogen (secondary N) is 2. The summed E-state index contributed by atoms with van der Waals surface area (Å²) in [5, 5.41) is 5.40. The van der Waals surface area contributed by atoms with E-state index in [9.17, 15) is 9.59 Å². The first kappa shape index (κ1) is 16.9. The highest BCUT2D eigenvalue weighted by Gasteiger charge is 2.16. The van der Waals surface area contributed by atoms with Gasteiger partial charge in [0.1, 0.15) is 5.60 Å². The van der Waals surface area contributed by atoms with Crippen molar-refractivity contribution in [2.24, 2.45) is 0 Å². The van der Waals surface area contributed by atoms with Gasteiger partial charge in [-0.05, 0) is 39.3 Å². The van der Waals surface area contributed by atoms with Gasteiger partial charge in [0.15, 0.2) is 0 Å². The Labute approximate surface area is 125 Å². The van der Waals surface area contributed by atoms with Crippen molar-refractivity contribution < 1.29 is 14.3 Å². The number of nitrogens with zero attached hydrogens (tertiary/aromatic N) is 1. The molecule has 2 amide bonds. The summed E-state index contributed by atoms with van der Waals surface area (Å²) < 4.78 is 5.08. The van der Waals surface area contributed by atoms with E-state index in [4.69, 9.17) is 4.74 Å². The van der Waals surface area contributed by atoms with Crippen molar-refractivity contribution in [1.82, 2.24) is 15.6 Å². The molecule has 0 bridgehead atoms. The normalized spacial score (nSPS) is 12.4. The SMILES string of the molecule is CC(NC(=O)CCNC(=O)OC(C)(C)C)c1cccnc1. The van der Waals surface area contributed by atoms with Gasteiger partial charge in [0.25, 0.3) is 0 Å². The Morgan fingerprint density at radius 2 is 2.10 bits per heavy atom. The smallest absolute Gasteiger partial charge is 0.407 e. The monoisotopic (exact) mass is 293 g/mol. The number of hydrogen-bond donors (Lipinski definition) is 2. The van der Waals surface area contributed by atoms with Gasteiger partial charge in [-0.15, -0.1) is 0 Å². The second kappa shape index (κ2) is 7.61. The van der Waals surface area contributed by atoms with Crippen LogP contribution in [-0.2, 0) is 9.53 Å². The molecule has 116 valence electrons. The van der Waals surface area contributed by atoms with E-state index in [2.05, 4.69) is 15.6 Å². The minimum atomic E-state index is -0.541. The lowest BCUT2D eigenvalue weighted by Gasteiger charge is -2.19. The third kappa shape index (κ3) is 7.29. The summed E-state index contributed by atoms with van der Waals surface area (Å²) in [6.45, 7) is 7.48. The molecule has 6 nitrogen and oxygen atoms in total. The van der Waals surface area contributed by atoms with Crippen molar-refractivity contribution >= 4 is 12.0 Å². The summed E-state index contributed by atoms with van der Waals surface area (Å²) in [6, 6.07) is 3.60. The number of pyridine rings is 1. The van der Waals surface area contributed by atoms with E-state index >= 15 is 0 Å². The van der Waals surface area contributed by atoms with Crippen LogP contribution in [0.1, 0.15) is 45.7 Å². The van der Waals surface area contributed by atoms with E-state index in [1.54, 1.807) is 33.2 Å². The van der Waals surface area contributed by atoms with E-state index in [1.165, 1.54) is 0 Å². The molecule has 0 aliphatic rings. The summed E-state index contributed by atoms with van der Waals surface area (Å²) in [4.78, 5) is 27.2. The summed E-state index contributed by atoms with van der Waals surface area (Å²) in [7, 11) is 0. The number of rotatable bonds is 5. The Morgan fingerprint density at radius 1 is 1.38 bits per heavy atom. The van der Waals surface area contributed by atoms with Crippen LogP contribution in [0.3, 0.4) is 0 Å². The molecular formula is C15H23N3O3. The van der Waals surface area contributed by atoms with Gasteiger partial charge in [-0.2, -0.15) is 0 Å². The standard InChI is InChI=1S/C15H23N3O3/c1-11(12-6-5-8-16-10-12)18-13(19)7-9-17-14(20)21-15(2,3)4/h5-6,8,10-11H,7,9H2,1-4H3,(H,17,20)(H,18,19). The van der Waals surface area contributed by atoms with Gasteiger partial charge < -0.3 is 15.4 Å². The van der Waals surface area contributed by atoms with Gasteiger partial charge in [-0.3, -0.25) is 9.78 Å². The molecule has 0 aliphatic carbocycles. The number of alkyl carbamates (subject to hydrolysis) is 1. The van der Waals surface area contributed by atoms with E-state index in [-0.39, 0.29) is 24.9 Å². The molecule has 0 aliphatic heterocycles. The number of aromatic nitrogens is 1. The van der Waals surface area contributed by atoms with Gasteiger partial charge in [0.05, 0.1) is 6.04 Å². The summed E-state index contributed by atoms with van der Waals surface area (Å²) in [5.74, 6) is -0.137. The fourth-order valence-electron chi connectivity index (χ4n) is 1.62. The van der Waals surface area contributed by atoms with Crippen LogP contribution in [0, 0.1) is 0 Å². The Kier molecular flexibility index (Phi) is 6.14. The molecule has 1 aromatic heterocycles. The predicted octanol–water partition coefficient (Wildman–Crippen LogP) is 2.17. The zero-order valence-corrected chi connectivity index (χ0v) is 13.0. The van der Waals surface area contributed by atoms with Crippen LogP contribution in [0.2, 0.25) is 0 Å². The average molecular weight is 293 g/mol. The molecule has 0 saturated carbocycles. The minimum absolute atomic E-state index is 0.118. The highest BCUT2D eigenvalue weighted by Crippen LogP contribution is 2.09. The van der Waals surface area contributed by atoms with Gasteiger partial charge in [0, 0.05) is 25.4 Å². The molecular weight excluding hydrogens is 270 g/mol. The summed E-state index contributed by atoms with van der Waals surface area (Å²) in [5.41, 5.74) is 0.396. The number of hydrogen-bond acceptors (Lipinski definition) is 4. The molecule has 1 heterocycles. The van der Waals surface area contributed by atoms with Crippen LogP contribution < -0.4 is 10.6 Å². The first-order valence-corrected chi connectivity index (χ1v) is 6.94. The third-order valence-electron chi connectivity index (χ3n) is 2.58. The van der Waals surface area contributed by atoms with Crippen molar-refractivity contribution in [2.45, 2.75) is 45.8 Å².